The first kappa shape index (κ1) is 12.4. The molecule has 94 valence electrons. The first-order chi connectivity index (χ1) is 8.79. The molecule has 2 aromatic rings. The van der Waals surface area contributed by atoms with E-state index < -0.39 is 0 Å². The monoisotopic (exact) mass is 242 g/mol. The van der Waals surface area contributed by atoms with E-state index in [9.17, 15) is 0 Å². The molecule has 3 heteroatoms. The largest absolute Gasteiger partial charge is 0.492 e. The van der Waals surface area contributed by atoms with Crippen molar-refractivity contribution in [2.45, 2.75) is 20.4 Å². The van der Waals surface area contributed by atoms with Crippen molar-refractivity contribution in [2.24, 2.45) is 0 Å². The van der Waals surface area contributed by atoms with Gasteiger partial charge in [0.25, 0.3) is 0 Å². The summed E-state index contributed by atoms with van der Waals surface area (Å²) < 4.78 is 5.57. The smallest absolute Gasteiger partial charge is 0.142 e. The lowest BCUT2D eigenvalue weighted by molar-refractivity contribution is 0.341. The Morgan fingerprint density at radius 2 is 2.06 bits per heavy atom. The molecule has 0 fully saturated rings. The Labute approximate surface area is 108 Å². The third-order valence-electron chi connectivity index (χ3n) is 2.60. The number of aromatic nitrogens is 1. The molecule has 0 amide bonds. The van der Waals surface area contributed by atoms with Crippen molar-refractivity contribution in [1.29, 1.82) is 0 Å². The van der Waals surface area contributed by atoms with Gasteiger partial charge in [0.1, 0.15) is 5.75 Å². The van der Waals surface area contributed by atoms with Crippen LogP contribution in [-0.2, 0) is 6.54 Å². The number of benzene rings is 1. The number of nitrogens with zero attached hydrogens (tertiary/aromatic N) is 1. The minimum absolute atomic E-state index is 0.671. The Morgan fingerprint density at radius 3 is 2.83 bits per heavy atom. The van der Waals surface area contributed by atoms with Crippen molar-refractivity contribution in [3.8, 4) is 5.75 Å². The van der Waals surface area contributed by atoms with Gasteiger partial charge in [-0.3, -0.25) is 4.98 Å². The first-order valence-electron chi connectivity index (χ1n) is 6.16. The Balaban J connectivity index is 2.06. The van der Waals surface area contributed by atoms with Crippen LogP contribution in [0.5, 0.6) is 5.75 Å². The van der Waals surface area contributed by atoms with E-state index in [4.69, 9.17) is 4.74 Å². The minimum Gasteiger partial charge on any atom is -0.492 e. The molecule has 2 rings (SSSR count). The molecular formula is C15H18N2O. The average Bonchev–Trinajstić information content (AvgIpc) is 2.38. The number of aryl methyl sites for hydroxylation is 1. The molecule has 0 aliphatic heterocycles. The standard InChI is InChI=1S/C15H18N2O/c1-3-18-15-7-5-4-6-14(15)17-11-13-8-12(2)9-16-10-13/h4-10,17H,3,11H2,1-2H3. The molecule has 0 bridgehead atoms. The zero-order chi connectivity index (χ0) is 12.8. The number of rotatable bonds is 5. The number of nitrogens with one attached hydrogen (secondary N) is 1. The first-order valence-corrected chi connectivity index (χ1v) is 6.16. The van der Waals surface area contributed by atoms with E-state index in [0.717, 1.165) is 18.0 Å². The van der Waals surface area contributed by atoms with Crippen LogP contribution in [0, 0.1) is 6.92 Å². The minimum atomic E-state index is 0.671. The molecule has 18 heavy (non-hydrogen) atoms. The van der Waals surface area contributed by atoms with E-state index in [1.807, 2.05) is 50.5 Å². The quantitative estimate of drug-likeness (QED) is 0.872. The van der Waals surface area contributed by atoms with Gasteiger partial charge in [-0.2, -0.15) is 0 Å². The summed E-state index contributed by atoms with van der Waals surface area (Å²) in [5.41, 5.74) is 3.36. The lowest BCUT2D eigenvalue weighted by Gasteiger charge is -2.12. The highest BCUT2D eigenvalue weighted by atomic mass is 16.5. The Hall–Kier alpha value is -2.03. The van der Waals surface area contributed by atoms with Gasteiger partial charge in [0.15, 0.2) is 0 Å². The molecule has 0 radical (unpaired) electrons. The van der Waals surface area contributed by atoms with Crippen LogP contribution in [0.1, 0.15) is 18.1 Å². The fourth-order valence-electron chi connectivity index (χ4n) is 1.81. The van der Waals surface area contributed by atoms with Crippen LogP contribution >= 0.6 is 0 Å². The molecule has 0 spiro atoms. The maximum atomic E-state index is 5.57. The van der Waals surface area contributed by atoms with Crippen LogP contribution in [0.3, 0.4) is 0 Å². The second-order valence-corrected chi connectivity index (χ2v) is 4.15. The zero-order valence-electron chi connectivity index (χ0n) is 10.8. The van der Waals surface area contributed by atoms with Crippen molar-refractivity contribution in [3.05, 3.63) is 53.9 Å². The molecule has 1 aromatic carbocycles. The molecule has 3 nitrogen and oxygen atoms in total. The molecule has 0 unspecified atom stereocenters. The second kappa shape index (κ2) is 6.05. The van der Waals surface area contributed by atoms with Crippen molar-refractivity contribution >= 4 is 5.69 Å². The van der Waals surface area contributed by atoms with E-state index in [2.05, 4.69) is 16.4 Å². The highest BCUT2D eigenvalue weighted by Gasteiger charge is 2.01. The van der Waals surface area contributed by atoms with E-state index in [1.165, 1.54) is 11.1 Å². The summed E-state index contributed by atoms with van der Waals surface area (Å²) in [6.45, 7) is 5.45. The summed E-state index contributed by atoms with van der Waals surface area (Å²) in [6.07, 6.45) is 3.74. The van der Waals surface area contributed by atoms with Gasteiger partial charge in [-0.25, -0.2) is 0 Å². The summed E-state index contributed by atoms with van der Waals surface area (Å²) in [7, 11) is 0. The van der Waals surface area contributed by atoms with Gasteiger partial charge in [-0.1, -0.05) is 18.2 Å². The lowest BCUT2D eigenvalue weighted by atomic mass is 10.2. The summed E-state index contributed by atoms with van der Waals surface area (Å²) in [5.74, 6) is 0.889. The van der Waals surface area contributed by atoms with Crippen LogP contribution in [-0.4, -0.2) is 11.6 Å². The number of hydrogen-bond acceptors (Lipinski definition) is 3. The maximum absolute atomic E-state index is 5.57. The van der Waals surface area contributed by atoms with Gasteiger partial charge in [0.05, 0.1) is 12.3 Å². The molecular weight excluding hydrogens is 224 g/mol. The van der Waals surface area contributed by atoms with Crippen LogP contribution < -0.4 is 10.1 Å². The maximum Gasteiger partial charge on any atom is 0.142 e. The van der Waals surface area contributed by atoms with Gasteiger partial charge >= 0.3 is 0 Å². The van der Waals surface area contributed by atoms with Crippen molar-refractivity contribution in [2.75, 3.05) is 11.9 Å². The fourth-order valence-corrected chi connectivity index (χ4v) is 1.81. The topological polar surface area (TPSA) is 34.1 Å². The molecule has 0 atom stereocenters. The van der Waals surface area contributed by atoms with Gasteiger partial charge in [-0.05, 0) is 37.1 Å². The van der Waals surface area contributed by atoms with Gasteiger partial charge in [-0.15, -0.1) is 0 Å². The van der Waals surface area contributed by atoms with E-state index in [0.29, 0.717) is 6.61 Å². The summed E-state index contributed by atoms with van der Waals surface area (Å²) in [5, 5.41) is 3.38. The fraction of sp³-hybridized carbons (Fsp3) is 0.267. The van der Waals surface area contributed by atoms with Crippen molar-refractivity contribution < 1.29 is 4.74 Å². The third-order valence-corrected chi connectivity index (χ3v) is 2.60. The molecule has 0 aliphatic rings. The van der Waals surface area contributed by atoms with E-state index in [-0.39, 0.29) is 0 Å². The van der Waals surface area contributed by atoms with E-state index >= 15 is 0 Å². The normalized spacial score (nSPS) is 10.1. The number of ether oxygens (including phenoxy) is 1. The molecule has 1 aromatic heterocycles. The van der Waals surface area contributed by atoms with Gasteiger partial charge < -0.3 is 10.1 Å². The van der Waals surface area contributed by atoms with Crippen molar-refractivity contribution in [1.82, 2.24) is 4.98 Å². The highest BCUT2D eigenvalue weighted by Crippen LogP contribution is 2.24. The summed E-state index contributed by atoms with van der Waals surface area (Å²) in [6, 6.07) is 10.1. The second-order valence-electron chi connectivity index (χ2n) is 4.15. The van der Waals surface area contributed by atoms with Gasteiger partial charge in [0, 0.05) is 18.9 Å². The molecule has 1 heterocycles. The Kier molecular flexibility index (Phi) is 4.18. The van der Waals surface area contributed by atoms with Gasteiger partial charge in [0.2, 0.25) is 0 Å². The summed E-state index contributed by atoms with van der Waals surface area (Å²) >= 11 is 0. The van der Waals surface area contributed by atoms with Crippen LogP contribution in [0.2, 0.25) is 0 Å². The predicted molar refractivity (Wildman–Crippen MR) is 73.9 cm³/mol. The Bertz CT molecular complexity index is 511. The SMILES string of the molecule is CCOc1ccccc1NCc1cncc(C)c1. The lowest BCUT2D eigenvalue weighted by Crippen LogP contribution is -2.03. The molecule has 0 aliphatic carbocycles. The van der Waals surface area contributed by atoms with Crippen LogP contribution in [0.4, 0.5) is 5.69 Å². The number of pyridine rings is 1. The summed E-state index contributed by atoms with van der Waals surface area (Å²) in [4.78, 5) is 4.18. The molecule has 0 saturated heterocycles. The van der Waals surface area contributed by atoms with Crippen LogP contribution in [0.15, 0.2) is 42.7 Å². The van der Waals surface area contributed by atoms with E-state index in [1.54, 1.807) is 0 Å². The van der Waals surface area contributed by atoms with Crippen LogP contribution in [0.25, 0.3) is 0 Å². The Morgan fingerprint density at radius 1 is 1.22 bits per heavy atom. The number of hydrogen-bond donors (Lipinski definition) is 1. The molecule has 1 N–H and O–H groups in total. The zero-order valence-corrected chi connectivity index (χ0v) is 10.8. The number of para-hydroxylation sites is 2. The number of anilines is 1. The average molecular weight is 242 g/mol. The molecule has 0 saturated carbocycles. The third kappa shape index (κ3) is 3.23. The highest BCUT2D eigenvalue weighted by molar-refractivity contribution is 5.56. The predicted octanol–water partition coefficient (Wildman–Crippen LogP) is 3.40. The van der Waals surface area contributed by atoms with Crippen molar-refractivity contribution in [3.63, 3.8) is 0 Å².